The van der Waals surface area contributed by atoms with Crippen molar-refractivity contribution in [2.24, 2.45) is 5.73 Å². The lowest BCUT2D eigenvalue weighted by Crippen LogP contribution is -2.27. The molecule has 8 heavy (non-hydrogen) atoms. The van der Waals surface area contributed by atoms with Gasteiger partial charge in [-0.05, 0) is 6.17 Å². The minimum atomic E-state index is -0.0972. The predicted octanol–water partition coefficient (Wildman–Crippen LogP) is -0.817. The highest BCUT2D eigenvalue weighted by Crippen LogP contribution is 1.84. The molecule has 0 aliphatic rings. The summed E-state index contributed by atoms with van der Waals surface area (Å²) in [5.74, 6) is -0.0972. The second-order valence-electron chi connectivity index (χ2n) is 1.21. The third kappa shape index (κ3) is 3.14. The molecule has 0 saturated heterocycles. The topological polar surface area (TPSA) is 44.5 Å². The van der Waals surface area contributed by atoms with Gasteiger partial charge in [0.2, 0.25) is 0 Å². The zero-order valence-electron chi connectivity index (χ0n) is 5.18. The van der Waals surface area contributed by atoms with E-state index in [9.17, 15) is 0 Å². The van der Waals surface area contributed by atoms with Crippen molar-refractivity contribution < 1.29 is 9.47 Å². The standard InChI is InChI=1S/C4H11NO2Si/c1-6-4(7-2)8-3-5/h4H,3,5H2,1-2H3. The lowest BCUT2D eigenvalue weighted by molar-refractivity contribution is -0.0439. The number of rotatable bonds is 4. The smallest absolute Gasteiger partial charge is 0.137 e. The van der Waals surface area contributed by atoms with Crippen molar-refractivity contribution in [2.75, 3.05) is 20.4 Å². The highest BCUT2D eigenvalue weighted by Gasteiger charge is 2.01. The number of ether oxygens (including phenoxy) is 2. The Bertz CT molecular complexity index is 49.3. The van der Waals surface area contributed by atoms with Crippen LogP contribution < -0.4 is 5.73 Å². The van der Waals surface area contributed by atoms with E-state index in [1.165, 1.54) is 0 Å². The average Bonchev–Trinajstić information content (AvgIpc) is 1.83. The van der Waals surface area contributed by atoms with Crippen molar-refractivity contribution in [3.63, 3.8) is 0 Å². The first-order chi connectivity index (χ1) is 3.85. The summed E-state index contributed by atoms with van der Waals surface area (Å²) >= 11 is 0. The molecule has 0 atom stereocenters. The van der Waals surface area contributed by atoms with E-state index in [1.54, 1.807) is 14.2 Å². The molecule has 2 radical (unpaired) electrons. The zero-order chi connectivity index (χ0) is 6.41. The monoisotopic (exact) mass is 133 g/mol. The molecule has 0 amide bonds. The summed E-state index contributed by atoms with van der Waals surface area (Å²) in [5, 5.41) is 0. The molecule has 0 bridgehead atoms. The summed E-state index contributed by atoms with van der Waals surface area (Å²) < 4.78 is 9.70. The summed E-state index contributed by atoms with van der Waals surface area (Å²) in [6.45, 7) is 0. The minimum Gasteiger partial charge on any atom is -0.360 e. The minimum absolute atomic E-state index is 0.0972. The Morgan fingerprint density at radius 1 is 1.50 bits per heavy atom. The van der Waals surface area contributed by atoms with Crippen LogP contribution in [0.2, 0.25) is 0 Å². The molecule has 0 aromatic carbocycles. The fraction of sp³-hybridized carbons (Fsp3) is 1.00. The normalized spacial score (nSPS) is 10.5. The summed E-state index contributed by atoms with van der Waals surface area (Å²) in [4.78, 5) is 0. The van der Waals surface area contributed by atoms with Crippen LogP contribution in [0.1, 0.15) is 0 Å². The molecule has 2 N–H and O–H groups in total. The highest BCUT2D eigenvalue weighted by molar-refractivity contribution is 6.36. The van der Waals surface area contributed by atoms with Gasteiger partial charge in [0.05, 0.1) is 0 Å². The summed E-state index contributed by atoms with van der Waals surface area (Å²) in [6.07, 6.45) is 0.631. The molecule has 0 spiro atoms. The van der Waals surface area contributed by atoms with Gasteiger partial charge >= 0.3 is 0 Å². The van der Waals surface area contributed by atoms with Crippen molar-refractivity contribution in [1.82, 2.24) is 0 Å². The first kappa shape index (κ1) is 8.10. The molecule has 48 valence electrons. The Labute approximate surface area is 52.0 Å². The Hall–Kier alpha value is 0.0969. The average molecular weight is 133 g/mol. The van der Waals surface area contributed by atoms with Gasteiger partial charge in [0.15, 0.2) is 0 Å². The van der Waals surface area contributed by atoms with E-state index in [0.717, 1.165) is 0 Å². The maximum atomic E-state index is 5.23. The maximum Gasteiger partial charge on any atom is 0.137 e. The van der Waals surface area contributed by atoms with Crippen LogP contribution in [-0.4, -0.2) is 35.8 Å². The molecule has 0 rings (SSSR count). The largest absolute Gasteiger partial charge is 0.360 e. The second-order valence-corrected chi connectivity index (χ2v) is 2.50. The van der Waals surface area contributed by atoms with Crippen molar-refractivity contribution >= 4 is 9.52 Å². The number of nitrogens with two attached hydrogens (primary N) is 1. The Morgan fingerprint density at radius 2 is 2.00 bits per heavy atom. The van der Waals surface area contributed by atoms with Crippen LogP contribution in [0.4, 0.5) is 0 Å². The van der Waals surface area contributed by atoms with Crippen LogP contribution >= 0.6 is 0 Å². The van der Waals surface area contributed by atoms with E-state index < -0.39 is 0 Å². The van der Waals surface area contributed by atoms with Crippen molar-refractivity contribution in [3.05, 3.63) is 0 Å². The third-order valence-electron chi connectivity index (χ3n) is 0.713. The molecule has 0 aliphatic carbocycles. The van der Waals surface area contributed by atoms with Crippen LogP contribution in [0.3, 0.4) is 0 Å². The van der Waals surface area contributed by atoms with E-state index in [-0.39, 0.29) is 5.91 Å². The summed E-state index contributed by atoms with van der Waals surface area (Å²) in [5.41, 5.74) is 5.23. The Balaban J connectivity index is 3.07. The lowest BCUT2D eigenvalue weighted by atomic mass is 11.3. The van der Waals surface area contributed by atoms with Crippen LogP contribution in [0, 0.1) is 0 Å². The van der Waals surface area contributed by atoms with Gasteiger partial charge in [-0.3, -0.25) is 0 Å². The van der Waals surface area contributed by atoms with Gasteiger partial charge in [-0.1, -0.05) is 0 Å². The van der Waals surface area contributed by atoms with Gasteiger partial charge in [0.25, 0.3) is 0 Å². The Kier molecular flexibility index (Phi) is 5.30. The highest BCUT2D eigenvalue weighted by atomic mass is 28.2. The second kappa shape index (κ2) is 5.24. The molecule has 0 heterocycles. The van der Waals surface area contributed by atoms with Crippen molar-refractivity contribution in [1.29, 1.82) is 0 Å². The van der Waals surface area contributed by atoms with Gasteiger partial charge in [-0.25, -0.2) is 0 Å². The first-order valence-corrected chi connectivity index (χ1v) is 3.62. The van der Waals surface area contributed by atoms with Crippen LogP contribution in [0.25, 0.3) is 0 Å². The molecule has 0 aromatic rings. The third-order valence-corrected chi connectivity index (χ3v) is 1.75. The van der Waals surface area contributed by atoms with E-state index in [1.807, 2.05) is 0 Å². The molecule has 0 unspecified atom stereocenters. The summed E-state index contributed by atoms with van der Waals surface area (Å²) in [6, 6.07) is 0. The fourth-order valence-electron chi connectivity index (χ4n) is 0.359. The number of hydrogen-bond donors (Lipinski definition) is 1. The summed E-state index contributed by atoms with van der Waals surface area (Å²) in [7, 11) is 3.76. The van der Waals surface area contributed by atoms with Crippen LogP contribution in [0.15, 0.2) is 0 Å². The van der Waals surface area contributed by atoms with Gasteiger partial charge in [-0.15, -0.1) is 0 Å². The van der Waals surface area contributed by atoms with Gasteiger partial charge < -0.3 is 15.2 Å². The molecule has 3 nitrogen and oxygen atoms in total. The Morgan fingerprint density at radius 3 is 2.12 bits per heavy atom. The SMILES string of the molecule is COC(OC)[Si]CN. The van der Waals surface area contributed by atoms with Gasteiger partial charge in [-0.2, -0.15) is 0 Å². The van der Waals surface area contributed by atoms with Crippen molar-refractivity contribution in [3.8, 4) is 0 Å². The molecule has 0 aromatic heterocycles. The zero-order valence-corrected chi connectivity index (χ0v) is 6.18. The molecule has 0 saturated carbocycles. The first-order valence-electron chi connectivity index (χ1n) is 2.34. The fourth-order valence-corrected chi connectivity index (χ4v) is 0.885. The molecule has 4 heteroatoms. The van der Waals surface area contributed by atoms with E-state index in [0.29, 0.717) is 15.7 Å². The van der Waals surface area contributed by atoms with Crippen LogP contribution in [0.5, 0.6) is 0 Å². The van der Waals surface area contributed by atoms with Gasteiger partial charge in [0.1, 0.15) is 15.4 Å². The maximum absolute atomic E-state index is 5.23. The number of hydrogen-bond acceptors (Lipinski definition) is 3. The van der Waals surface area contributed by atoms with Crippen molar-refractivity contribution in [2.45, 2.75) is 5.91 Å². The molecular formula is C4H11NO2Si. The quantitative estimate of drug-likeness (QED) is 0.403. The molecule has 0 fully saturated rings. The van der Waals surface area contributed by atoms with E-state index in [2.05, 4.69) is 0 Å². The van der Waals surface area contributed by atoms with Crippen LogP contribution in [-0.2, 0) is 9.47 Å². The van der Waals surface area contributed by atoms with Gasteiger partial charge in [0, 0.05) is 14.2 Å². The van der Waals surface area contributed by atoms with E-state index in [4.69, 9.17) is 15.2 Å². The lowest BCUT2D eigenvalue weighted by Gasteiger charge is -2.09. The molecular weight excluding hydrogens is 122 g/mol. The number of methoxy groups -OCH3 is 2. The van der Waals surface area contributed by atoms with E-state index >= 15 is 0 Å². The predicted molar refractivity (Wildman–Crippen MR) is 32.6 cm³/mol. The molecule has 0 aliphatic heterocycles.